The fourth-order valence-electron chi connectivity index (χ4n) is 2.77. The van der Waals surface area contributed by atoms with Gasteiger partial charge in [0.15, 0.2) is 0 Å². The maximum absolute atomic E-state index is 12.1. The summed E-state index contributed by atoms with van der Waals surface area (Å²) in [6, 6.07) is 9.89. The first kappa shape index (κ1) is 17.1. The van der Waals surface area contributed by atoms with Crippen molar-refractivity contribution in [1.29, 1.82) is 0 Å². The van der Waals surface area contributed by atoms with Gasteiger partial charge in [-0.1, -0.05) is 18.2 Å². The predicted molar refractivity (Wildman–Crippen MR) is 96.2 cm³/mol. The van der Waals surface area contributed by atoms with E-state index in [-0.39, 0.29) is 12.0 Å². The van der Waals surface area contributed by atoms with E-state index in [0.717, 1.165) is 36.1 Å². The molecule has 2 aromatic rings. The molecule has 24 heavy (non-hydrogen) atoms. The Hall–Kier alpha value is -1.76. The van der Waals surface area contributed by atoms with Gasteiger partial charge < -0.3 is 10.1 Å². The van der Waals surface area contributed by atoms with Gasteiger partial charge in [-0.3, -0.25) is 9.69 Å². The van der Waals surface area contributed by atoms with Gasteiger partial charge in [0.2, 0.25) is 5.91 Å². The Bertz CT molecular complexity index is 674. The van der Waals surface area contributed by atoms with Crippen LogP contribution in [-0.4, -0.2) is 41.1 Å². The summed E-state index contributed by atoms with van der Waals surface area (Å²) in [5, 5.41) is 5.80. The first-order valence-corrected chi connectivity index (χ1v) is 9.12. The van der Waals surface area contributed by atoms with E-state index in [1.807, 2.05) is 30.3 Å². The van der Waals surface area contributed by atoms with E-state index < -0.39 is 0 Å². The van der Waals surface area contributed by atoms with E-state index in [1.165, 1.54) is 0 Å². The molecule has 128 valence electrons. The number of ether oxygens (including phenoxy) is 1. The molecule has 1 fully saturated rings. The maximum atomic E-state index is 12.1. The summed E-state index contributed by atoms with van der Waals surface area (Å²) in [6.45, 7) is 6.76. The van der Waals surface area contributed by atoms with Gasteiger partial charge in [0.05, 0.1) is 24.8 Å². The minimum atomic E-state index is -0.0320. The minimum Gasteiger partial charge on any atom is -0.376 e. The van der Waals surface area contributed by atoms with Crippen molar-refractivity contribution in [3.63, 3.8) is 0 Å². The van der Waals surface area contributed by atoms with E-state index in [0.29, 0.717) is 12.5 Å². The average Bonchev–Trinajstić information content (AvgIpc) is 2.99. The predicted octanol–water partition coefficient (Wildman–Crippen LogP) is 2.93. The molecule has 0 radical (unpaired) electrons. The molecule has 0 unspecified atom stereocenters. The van der Waals surface area contributed by atoms with Crippen molar-refractivity contribution in [3.05, 3.63) is 46.4 Å². The first-order chi connectivity index (χ1) is 11.6. The normalized spacial score (nSPS) is 21.6. The minimum absolute atomic E-state index is 0.0320. The Morgan fingerprint density at radius 3 is 2.96 bits per heavy atom. The molecule has 2 atom stereocenters. The Kier molecular flexibility index (Phi) is 5.60. The molecular weight excluding hydrogens is 322 g/mol. The van der Waals surface area contributed by atoms with Gasteiger partial charge in [-0.15, -0.1) is 11.3 Å². The number of nitrogens with zero attached hydrogens (tertiary/aromatic N) is 2. The summed E-state index contributed by atoms with van der Waals surface area (Å²) in [5.74, 6) is -0.0320. The van der Waals surface area contributed by atoms with Gasteiger partial charge in [0.25, 0.3) is 0 Å². The van der Waals surface area contributed by atoms with Crippen LogP contribution in [0.3, 0.4) is 0 Å². The third kappa shape index (κ3) is 4.63. The number of amides is 1. The molecule has 3 rings (SSSR count). The maximum Gasteiger partial charge on any atom is 0.231 e. The topological polar surface area (TPSA) is 54.5 Å². The second kappa shape index (κ2) is 7.88. The number of morpholine rings is 1. The number of rotatable bonds is 5. The molecule has 0 saturated carbocycles. The van der Waals surface area contributed by atoms with Gasteiger partial charge >= 0.3 is 0 Å². The molecule has 1 aliphatic rings. The Morgan fingerprint density at radius 1 is 1.38 bits per heavy atom. The second-order valence-electron chi connectivity index (χ2n) is 6.25. The van der Waals surface area contributed by atoms with Crippen LogP contribution in [0.4, 0.5) is 5.69 Å². The van der Waals surface area contributed by atoms with Crippen LogP contribution in [0.25, 0.3) is 0 Å². The largest absolute Gasteiger partial charge is 0.376 e. The lowest BCUT2D eigenvalue weighted by Crippen LogP contribution is -2.46. The highest BCUT2D eigenvalue weighted by molar-refractivity contribution is 7.09. The lowest BCUT2D eigenvalue weighted by Gasteiger charge is -2.36. The van der Waals surface area contributed by atoms with E-state index in [1.54, 1.807) is 11.3 Å². The summed E-state index contributed by atoms with van der Waals surface area (Å²) in [7, 11) is 0. The number of carbonyl (C=O) groups excluding carboxylic acids is 1. The number of hydrogen-bond donors (Lipinski definition) is 1. The molecule has 1 amide bonds. The molecule has 1 N–H and O–H groups in total. The van der Waals surface area contributed by atoms with Crippen LogP contribution in [0.2, 0.25) is 0 Å². The fourth-order valence-corrected chi connectivity index (χ4v) is 3.55. The molecule has 1 aromatic heterocycles. The van der Waals surface area contributed by atoms with E-state index >= 15 is 0 Å². The second-order valence-corrected chi connectivity index (χ2v) is 7.19. The highest BCUT2D eigenvalue weighted by atomic mass is 32.1. The highest BCUT2D eigenvalue weighted by Crippen LogP contribution is 2.18. The number of hydrogen-bond acceptors (Lipinski definition) is 5. The zero-order valence-electron chi connectivity index (χ0n) is 14.1. The highest BCUT2D eigenvalue weighted by Gasteiger charge is 2.24. The zero-order valence-corrected chi connectivity index (χ0v) is 14.9. The SMILES string of the molecule is C[C@H]1CN(Cc2csc(CC(=O)Nc3ccccc3)n2)[C@@H](C)CO1. The molecule has 0 bridgehead atoms. The molecule has 0 aliphatic carbocycles. The lowest BCUT2D eigenvalue weighted by atomic mass is 10.2. The molecule has 1 aliphatic heterocycles. The summed E-state index contributed by atoms with van der Waals surface area (Å²) >= 11 is 1.55. The summed E-state index contributed by atoms with van der Waals surface area (Å²) in [4.78, 5) is 19.1. The van der Waals surface area contributed by atoms with Crippen molar-refractivity contribution < 1.29 is 9.53 Å². The number of aromatic nitrogens is 1. The number of nitrogens with one attached hydrogen (secondary N) is 1. The van der Waals surface area contributed by atoms with Crippen LogP contribution in [-0.2, 0) is 22.5 Å². The molecule has 0 spiro atoms. The Morgan fingerprint density at radius 2 is 2.17 bits per heavy atom. The van der Waals surface area contributed by atoms with Gasteiger partial charge in [-0.05, 0) is 26.0 Å². The number of thiazole rings is 1. The quantitative estimate of drug-likeness (QED) is 0.905. The van der Waals surface area contributed by atoms with Crippen LogP contribution in [0, 0.1) is 0 Å². The zero-order chi connectivity index (χ0) is 16.9. The number of para-hydroxylation sites is 1. The smallest absolute Gasteiger partial charge is 0.231 e. The summed E-state index contributed by atoms with van der Waals surface area (Å²) < 4.78 is 5.66. The van der Waals surface area contributed by atoms with E-state index in [4.69, 9.17) is 4.74 Å². The van der Waals surface area contributed by atoms with Gasteiger partial charge in [-0.25, -0.2) is 4.98 Å². The van der Waals surface area contributed by atoms with Crippen molar-refractivity contribution in [2.75, 3.05) is 18.5 Å². The third-order valence-electron chi connectivity index (χ3n) is 4.07. The number of benzene rings is 1. The Balaban J connectivity index is 1.54. The summed E-state index contributed by atoms with van der Waals surface area (Å²) in [6.07, 6.45) is 0.574. The van der Waals surface area contributed by atoms with Crippen LogP contribution < -0.4 is 5.32 Å². The molecule has 1 saturated heterocycles. The van der Waals surface area contributed by atoms with Crippen LogP contribution in [0.5, 0.6) is 0 Å². The van der Waals surface area contributed by atoms with Crippen LogP contribution >= 0.6 is 11.3 Å². The van der Waals surface area contributed by atoms with E-state index in [2.05, 4.69) is 34.4 Å². The third-order valence-corrected chi connectivity index (χ3v) is 4.97. The van der Waals surface area contributed by atoms with E-state index in [9.17, 15) is 4.79 Å². The summed E-state index contributed by atoms with van der Waals surface area (Å²) in [5.41, 5.74) is 1.85. The number of anilines is 1. The average molecular weight is 345 g/mol. The van der Waals surface area contributed by atoms with Crippen molar-refractivity contribution in [2.45, 2.75) is 39.0 Å². The van der Waals surface area contributed by atoms with Gasteiger partial charge in [-0.2, -0.15) is 0 Å². The monoisotopic (exact) mass is 345 g/mol. The number of carbonyl (C=O) groups is 1. The fraction of sp³-hybridized carbons (Fsp3) is 0.444. The molecule has 5 nitrogen and oxygen atoms in total. The Labute approximate surface area is 146 Å². The standard InChI is InChI=1S/C18H23N3O2S/c1-13-11-23-14(2)9-21(13)10-16-12-24-18(20-16)8-17(22)19-15-6-4-3-5-7-15/h3-7,12-14H,8-11H2,1-2H3,(H,19,22)/t13-,14-/m0/s1. The van der Waals surface area contributed by atoms with Gasteiger partial charge in [0.1, 0.15) is 5.01 Å². The van der Waals surface area contributed by atoms with Crippen molar-refractivity contribution in [2.24, 2.45) is 0 Å². The molecule has 1 aromatic carbocycles. The first-order valence-electron chi connectivity index (χ1n) is 8.24. The van der Waals surface area contributed by atoms with Crippen LogP contribution in [0.1, 0.15) is 24.5 Å². The van der Waals surface area contributed by atoms with Crippen molar-refractivity contribution >= 4 is 22.9 Å². The van der Waals surface area contributed by atoms with Crippen molar-refractivity contribution in [3.8, 4) is 0 Å². The van der Waals surface area contributed by atoms with Crippen LogP contribution in [0.15, 0.2) is 35.7 Å². The molecular formula is C18H23N3O2S. The molecule has 6 heteroatoms. The lowest BCUT2D eigenvalue weighted by molar-refractivity contribution is -0.115. The van der Waals surface area contributed by atoms with Crippen molar-refractivity contribution in [1.82, 2.24) is 9.88 Å². The van der Waals surface area contributed by atoms with Gasteiger partial charge in [0, 0.05) is 30.2 Å². The molecule has 2 heterocycles.